The van der Waals surface area contributed by atoms with Gasteiger partial charge in [0.15, 0.2) is 0 Å². The van der Waals surface area contributed by atoms with Crippen LogP contribution in [-0.4, -0.2) is 60.4 Å². The third kappa shape index (κ3) is 3.67. The maximum atomic E-state index is 11.8. The SMILES string of the molecule is CCCC1(O)CN(CC(=O)NC2CCOCC2)C1. The number of likely N-dealkylation sites (tertiary alicyclic amines) is 1. The molecule has 2 heterocycles. The van der Waals surface area contributed by atoms with Gasteiger partial charge in [-0.05, 0) is 19.3 Å². The van der Waals surface area contributed by atoms with Crippen LogP contribution in [-0.2, 0) is 9.53 Å². The predicted molar refractivity (Wildman–Crippen MR) is 68.3 cm³/mol. The van der Waals surface area contributed by atoms with Crippen LogP contribution < -0.4 is 5.32 Å². The normalized spacial score (nSPS) is 24.6. The van der Waals surface area contributed by atoms with Crippen LogP contribution in [0.25, 0.3) is 0 Å². The van der Waals surface area contributed by atoms with Crippen LogP contribution >= 0.6 is 0 Å². The van der Waals surface area contributed by atoms with Crippen molar-refractivity contribution in [1.82, 2.24) is 10.2 Å². The highest BCUT2D eigenvalue weighted by molar-refractivity contribution is 5.78. The van der Waals surface area contributed by atoms with E-state index in [1.165, 1.54) is 0 Å². The average Bonchev–Trinajstić information content (AvgIpc) is 2.28. The Morgan fingerprint density at radius 2 is 2.11 bits per heavy atom. The van der Waals surface area contributed by atoms with E-state index in [2.05, 4.69) is 12.2 Å². The minimum atomic E-state index is -0.548. The number of hydrogen-bond acceptors (Lipinski definition) is 4. The van der Waals surface area contributed by atoms with Crippen LogP contribution in [0.3, 0.4) is 0 Å². The second-order valence-corrected chi connectivity index (χ2v) is 5.57. The van der Waals surface area contributed by atoms with Crippen LogP contribution in [0.15, 0.2) is 0 Å². The molecule has 0 spiro atoms. The first-order chi connectivity index (χ1) is 8.61. The molecule has 2 aliphatic rings. The molecule has 0 atom stereocenters. The average molecular weight is 256 g/mol. The van der Waals surface area contributed by atoms with E-state index in [0.29, 0.717) is 19.6 Å². The summed E-state index contributed by atoms with van der Waals surface area (Å²) in [5.74, 6) is 0.0699. The maximum absolute atomic E-state index is 11.8. The van der Waals surface area contributed by atoms with Gasteiger partial charge in [-0.15, -0.1) is 0 Å². The number of nitrogens with one attached hydrogen (secondary N) is 1. The lowest BCUT2D eigenvalue weighted by Crippen LogP contribution is -2.63. The number of hydrogen-bond donors (Lipinski definition) is 2. The topological polar surface area (TPSA) is 61.8 Å². The van der Waals surface area contributed by atoms with Crippen molar-refractivity contribution in [2.75, 3.05) is 32.8 Å². The lowest BCUT2D eigenvalue weighted by molar-refractivity contribution is -0.134. The first-order valence-corrected chi connectivity index (χ1v) is 6.93. The molecule has 0 bridgehead atoms. The molecule has 104 valence electrons. The molecule has 2 saturated heterocycles. The minimum Gasteiger partial charge on any atom is -0.387 e. The first kappa shape index (κ1) is 13.8. The Morgan fingerprint density at radius 3 is 2.72 bits per heavy atom. The van der Waals surface area contributed by atoms with Gasteiger partial charge in [-0.1, -0.05) is 13.3 Å². The molecule has 18 heavy (non-hydrogen) atoms. The predicted octanol–water partition coefficient (Wildman–Crippen LogP) is 0.128. The molecular formula is C13H24N2O3. The molecule has 0 saturated carbocycles. The Morgan fingerprint density at radius 1 is 1.44 bits per heavy atom. The summed E-state index contributed by atoms with van der Waals surface area (Å²) in [5.41, 5.74) is -0.548. The number of carbonyl (C=O) groups is 1. The van der Waals surface area contributed by atoms with Crippen LogP contribution in [0.5, 0.6) is 0 Å². The van der Waals surface area contributed by atoms with Gasteiger partial charge in [-0.2, -0.15) is 0 Å². The smallest absolute Gasteiger partial charge is 0.234 e. The Labute approximate surface area is 108 Å². The third-order valence-electron chi connectivity index (χ3n) is 3.70. The highest BCUT2D eigenvalue weighted by Crippen LogP contribution is 2.25. The molecule has 5 heteroatoms. The fourth-order valence-electron chi connectivity index (χ4n) is 2.84. The second kappa shape index (κ2) is 5.99. The second-order valence-electron chi connectivity index (χ2n) is 5.57. The van der Waals surface area contributed by atoms with E-state index >= 15 is 0 Å². The van der Waals surface area contributed by atoms with Gasteiger partial charge in [0.25, 0.3) is 0 Å². The van der Waals surface area contributed by atoms with E-state index < -0.39 is 5.60 Å². The lowest BCUT2D eigenvalue weighted by atomic mass is 9.89. The van der Waals surface area contributed by atoms with Gasteiger partial charge >= 0.3 is 0 Å². The van der Waals surface area contributed by atoms with Crippen LogP contribution in [0.1, 0.15) is 32.6 Å². The molecule has 0 aromatic rings. The summed E-state index contributed by atoms with van der Waals surface area (Å²) >= 11 is 0. The van der Waals surface area contributed by atoms with Crippen molar-refractivity contribution in [2.24, 2.45) is 0 Å². The standard InChI is InChI=1S/C13H24N2O3/c1-2-5-13(17)9-15(10-13)8-12(16)14-11-3-6-18-7-4-11/h11,17H,2-10H2,1H3,(H,14,16). The monoisotopic (exact) mass is 256 g/mol. The molecule has 2 fully saturated rings. The van der Waals surface area contributed by atoms with Gasteiger partial charge in [0, 0.05) is 32.3 Å². The quantitative estimate of drug-likeness (QED) is 0.734. The summed E-state index contributed by atoms with van der Waals surface area (Å²) in [6.07, 6.45) is 3.63. The summed E-state index contributed by atoms with van der Waals surface area (Å²) in [6.45, 7) is 5.21. The Hall–Kier alpha value is -0.650. The lowest BCUT2D eigenvalue weighted by Gasteiger charge is -2.46. The van der Waals surface area contributed by atoms with Crippen LogP contribution in [0.2, 0.25) is 0 Å². The third-order valence-corrected chi connectivity index (χ3v) is 3.70. The molecule has 0 aliphatic carbocycles. The number of amides is 1. The summed E-state index contributed by atoms with van der Waals surface area (Å²) in [6, 6.07) is 0.266. The Kier molecular flexibility index (Phi) is 4.59. The molecular weight excluding hydrogens is 232 g/mol. The van der Waals surface area contributed by atoms with E-state index in [4.69, 9.17) is 4.74 Å². The Bertz CT molecular complexity index is 284. The number of nitrogens with zero attached hydrogens (tertiary/aromatic N) is 1. The zero-order valence-corrected chi connectivity index (χ0v) is 11.2. The number of ether oxygens (including phenoxy) is 1. The van der Waals surface area contributed by atoms with Crippen molar-refractivity contribution in [3.05, 3.63) is 0 Å². The minimum absolute atomic E-state index is 0.0699. The number of carbonyl (C=O) groups excluding carboxylic acids is 1. The first-order valence-electron chi connectivity index (χ1n) is 6.93. The van der Waals surface area contributed by atoms with Gasteiger partial charge in [0.2, 0.25) is 5.91 Å². The molecule has 5 nitrogen and oxygen atoms in total. The highest BCUT2D eigenvalue weighted by Gasteiger charge is 2.40. The van der Waals surface area contributed by atoms with E-state index in [9.17, 15) is 9.90 Å². The van der Waals surface area contributed by atoms with Gasteiger partial charge in [-0.25, -0.2) is 0 Å². The highest BCUT2D eigenvalue weighted by atomic mass is 16.5. The zero-order valence-electron chi connectivity index (χ0n) is 11.2. The van der Waals surface area contributed by atoms with Crippen molar-refractivity contribution < 1.29 is 14.6 Å². The number of β-amino-alcohol motifs (C(OH)–C–C–N with tert-alkyl or cyclic N) is 1. The van der Waals surface area contributed by atoms with E-state index in [1.807, 2.05) is 4.90 Å². The van der Waals surface area contributed by atoms with E-state index in [0.717, 1.165) is 38.9 Å². The molecule has 0 unspecified atom stereocenters. The van der Waals surface area contributed by atoms with Gasteiger partial charge in [0.05, 0.1) is 12.1 Å². The number of aliphatic hydroxyl groups is 1. The van der Waals surface area contributed by atoms with Crippen molar-refractivity contribution in [3.8, 4) is 0 Å². The zero-order chi connectivity index (χ0) is 13.0. The van der Waals surface area contributed by atoms with E-state index in [-0.39, 0.29) is 11.9 Å². The van der Waals surface area contributed by atoms with Crippen molar-refractivity contribution in [3.63, 3.8) is 0 Å². The summed E-state index contributed by atoms with van der Waals surface area (Å²) < 4.78 is 5.25. The summed E-state index contributed by atoms with van der Waals surface area (Å²) in [4.78, 5) is 13.8. The van der Waals surface area contributed by atoms with Gasteiger partial charge in [-0.3, -0.25) is 9.69 Å². The molecule has 0 radical (unpaired) electrons. The van der Waals surface area contributed by atoms with Crippen LogP contribution in [0, 0.1) is 0 Å². The summed E-state index contributed by atoms with van der Waals surface area (Å²) in [5, 5.41) is 13.1. The van der Waals surface area contributed by atoms with Gasteiger partial charge in [0.1, 0.15) is 0 Å². The van der Waals surface area contributed by atoms with Crippen molar-refractivity contribution in [1.29, 1.82) is 0 Å². The van der Waals surface area contributed by atoms with E-state index in [1.54, 1.807) is 0 Å². The fraction of sp³-hybridized carbons (Fsp3) is 0.923. The van der Waals surface area contributed by atoms with Crippen molar-refractivity contribution in [2.45, 2.75) is 44.2 Å². The maximum Gasteiger partial charge on any atom is 0.234 e. The largest absolute Gasteiger partial charge is 0.387 e. The van der Waals surface area contributed by atoms with Crippen molar-refractivity contribution >= 4 is 5.91 Å². The summed E-state index contributed by atoms with van der Waals surface area (Å²) in [7, 11) is 0. The molecule has 2 N–H and O–H groups in total. The molecule has 2 rings (SSSR count). The molecule has 0 aromatic heterocycles. The number of rotatable bonds is 5. The van der Waals surface area contributed by atoms with Gasteiger partial charge < -0.3 is 15.2 Å². The Balaban J connectivity index is 1.64. The molecule has 1 amide bonds. The van der Waals surface area contributed by atoms with Crippen LogP contribution in [0.4, 0.5) is 0 Å². The molecule has 0 aromatic carbocycles. The fourth-order valence-corrected chi connectivity index (χ4v) is 2.84. The molecule has 2 aliphatic heterocycles.